The van der Waals surface area contributed by atoms with Crippen LogP contribution in [0, 0.1) is 23.5 Å². The Morgan fingerprint density at radius 2 is 2.19 bits per heavy atom. The molecule has 1 aliphatic heterocycles. The maximum absolute atomic E-state index is 13.5. The molecule has 0 amide bonds. The average Bonchev–Trinajstić information content (AvgIpc) is 2.25. The zero-order valence-corrected chi connectivity index (χ0v) is 9.47. The predicted molar refractivity (Wildman–Crippen MR) is 60.2 cm³/mol. The third-order valence-electron chi connectivity index (χ3n) is 3.46. The summed E-state index contributed by atoms with van der Waals surface area (Å²) in [6.45, 7) is 4.17. The van der Waals surface area contributed by atoms with Crippen LogP contribution < -0.4 is 5.32 Å². The molecule has 2 atom stereocenters. The molecule has 1 aromatic rings. The van der Waals surface area contributed by atoms with Crippen LogP contribution in [-0.4, -0.2) is 13.1 Å². The van der Waals surface area contributed by atoms with Crippen molar-refractivity contribution in [1.29, 1.82) is 0 Å². The highest BCUT2D eigenvalue weighted by Gasteiger charge is 2.22. The molecule has 3 heteroatoms. The number of halogens is 2. The summed E-state index contributed by atoms with van der Waals surface area (Å²) < 4.78 is 26.2. The van der Waals surface area contributed by atoms with Crippen molar-refractivity contribution in [2.75, 3.05) is 13.1 Å². The lowest BCUT2D eigenvalue weighted by atomic mass is 9.83. The maximum Gasteiger partial charge on any atom is 0.129 e. The van der Waals surface area contributed by atoms with Crippen LogP contribution in [-0.2, 0) is 6.42 Å². The first-order valence-electron chi connectivity index (χ1n) is 5.81. The van der Waals surface area contributed by atoms with Gasteiger partial charge in [-0.2, -0.15) is 0 Å². The predicted octanol–water partition coefficient (Wildman–Crippen LogP) is 2.75. The minimum atomic E-state index is -0.500. The lowest BCUT2D eigenvalue weighted by Gasteiger charge is -2.29. The SMILES string of the molecule is CC1CNCCC1Cc1ccc(F)cc1F. The Kier molecular flexibility index (Phi) is 3.54. The molecule has 0 radical (unpaired) electrons. The van der Waals surface area contributed by atoms with Gasteiger partial charge in [0.05, 0.1) is 0 Å². The minimum Gasteiger partial charge on any atom is -0.316 e. The molecule has 1 aromatic carbocycles. The average molecular weight is 225 g/mol. The van der Waals surface area contributed by atoms with Crippen LogP contribution in [0.4, 0.5) is 8.78 Å². The highest BCUT2D eigenvalue weighted by molar-refractivity contribution is 5.19. The van der Waals surface area contributed by atoms with Crippen LogP contribution >= 0.6 is 0 Å². The van der Waals surface area contributed by atoms with E-state index in [1.807, 2.05) is 0 Å². The lowest BCUT2D eigenvalue weighted by molar-refractivity contribution is 0.270. The molecule has 16 heavy (non-hydrogen) atoms. The summed E-state index contributed by atoms with van der Waals surface area (Å²) in [4.78, 5) is 0. The Hall–Kier alpha value is -0.960. The van der Waals surface area contributed by atoms with Gasteiger partial charge in [0.2, 0.25) is 0 Å². The molecular weight excluding hydrogens is 208 g/mol. The van der Waals surface area contributed by atoms with Gasteiger partial charge in [-0.1, -0.05) is 13.0 Å². The zero-order valence-electron chi connectivity index (χ0n) is 9.47. The van der Waals surface area contributed by atoms with Crippen molar-refractivity contribution in [3.63, 3.8) is 0 Å². The Morgan fingerprint density at radius 3 is 2.88 bits per heavy atom. The van der Waals surface area contributed by atoms with E-state index in [1.165, 1.54) is 6.07 Å². The standard InChI is InChI=1S/C13H17F2N/c1-9-8-16-5-4-10(9)6-11-2-3-12(14)7-13(11)15/h2-3,7,9-10,16H,4-6,8H2,1H3. The third-order valence-corrected chi connectivity index (χ3v) is 3.46. The van der Waals surface area contributed by atoms with E-state index in [0.29, 0.717) is 17.4 Å². The molecular formula is C13H17F2N. The first-order valence-corrected chi connectivity index (χ1v) is 5.81. The molecule has 0 spiro atoms. The summed E-state index contributed by atoms with van der Waals surface area (Å²) in [7, 11) is 0. The van der Waals surface area contributed by atoms with Crippen LogP contribution in [0.2, 0.25) is 0 Å². The van der Waals surface area contributed by atoms with Gasteiger partial charge >= 0.3 is 0 Å². The van der Waals surface area contributed by atoms with E-state index in [1.54, 1.807) is 6.07 Å². The Bertz CT molecular complexity index is 365. The first-order chi connectivity index (χ1) is 7.66. The van der Waals surface area contributed by atoms with Crippen molar-refractivity contribution in [3.8, 4) is 0 Å². The number of piperidine rings is 1. The quantitative estimate of drug-likeness (QED) is 0.816. The van der Waals surface area contributed by atoms with Gasteiger partial charge in [-0.25, -0.2) is 8.78 Å². The van der Waals surface area contributed by atoms with Gasteiger partial charge in [0.15, 0.2) is 0 Å². The Morgan fingerprint density at radius 1 is 1.38 bits per heavy atom. The summed E-state index contributed by atoms with van der Waals surface area (Å²) in [6, 6.07) is 3.88. The van der Waals surface area contributed by atoms with E-state index in [0.717, 1.165) is 32.0 Å². The fourth-order valence-corrected chi connectivity index (χ4v) is 2.34. The second-order valence-corrected chi connectivity index (χ2v) is 4.67. The fraction of sp³-hybridized carbons (Fsp3) is 0.538. The summed E-state index contributed by atoms with van der Waals surface area (Å²) in [5.41, 5.74) is 0.639. The van der Waals surface area contributed by atoms with E-state index < -0.39 is 11.6 Å². The van der Waals surface area contributed by atoms with Crippen molar-refractivity contribution >= 4 is 0 Å². The third kappa shape index (κ3) is 2.59. The van der Waals surface area contributed by atoms with E-state index in [2.05, 4.69) is 12.2 Å². The normalized spacial score (nSPS) is 25.7. The number of rotatable bonds is 2. The largest absolute Gasteiger partial charge is 0.316 e. The molecule has 0 aromatic heterocycles. The van der Waals surface area contributed by atoms with Crippen LogP contribution in [0.3, 0.4) is 0 Å². The van der Waals surface area contributed by atoms with Gasteiger partial charge in [0.25, 0.3) is 0 Å². The molecule has 1 N–H and O–H groups in total. The maximum atomic E-state index is 13.5. The van der Waals surface area contributed by atoms with Crippen molar-refractivity contribution in [1.82, 2.24) is 5.32 Å². The number of nitrogens with one attached hydrogen (secondary N) is 1. The van der Waals surface area contributed by atoms with Crippen molar-refractivity contribution in [2.24, 2.45) is 11.8 Å². The molecule has 1 fully saturated rings. The van der Waals surface area contributed by atoms with Crippen LogP contribution in [0.5, 0.6) is 0 Å². The molecule has 2 rings (SSSR count). The molecule has 1 nitrogen and oxygen atoms in total. The Labute approximate surface area is 94.9 Å². The van der Waals surface area contributed by atoms with Gasteiger partial charge in [0.1, 0.15) is 11.6 Å². The van der Waals surface area contributed by atoms with E-state index in [-0.39, 0.29) is 0 Å². The molecule has 1 saturated heterocycles. The van der Waals surface area contributed by atoms with Gasteiger partial charge < -0.3 is 5.32 Å². The molecule has 1 heterocycles. The second kappa shape index (κ2) is 4.91. The minimum absolute atomic E-state index is 0.411. The molecule has 88 valence electrons. The van der Waals surface area contributed by atoms with Gasteiger partial charge in [-0.15, -0.1) is 0 Å². The molecule has 2 unspecified atom stereocenters. The monoisotopic (exact) mass is 225 g/mol. The van der Waals surface area contributed by atoms with E-state index >= 15 is 0 Å². The van der Waals surface area contributed by atoms with E-state index in [9.17, 15) is 8.78 Å². The number of benzene rings is 1. The molecule has 0 bridgehead atoms. The molecule has 0 aliphatic carbocycles. The topological polar surface area (TPSA) is 12.0 Å². The van der Waals surface area contributed by atoms with Crippen molar-refractivity contribution in [2.45, 2.75) is 19.8 Å². The summed E-state index contributed by atoms with van der Waals surface area (Å²) in [5.74, 6) is 0.143. The number of hydrogen-bond acceptors (Lipinski definition) is 1. The van der Waals surface area contributed by atoms with Crippen LogP contribution in [0.25, 0.3) is 0 Å². The van der Waals surface area contributed by atoms with Crippen molar-refractivity contribution < 1.29 is 8.78 Å². The highest BCUT2D eigenvalue weighted by atomic mass is 19.1. The lowest BCUT2D eigenvalue weighted by Crippen LogP contribution is -2.36. The van der Waals surface area contributed by atoms with Gasteiger partial charge in [0, 0.05) is 6.07 Å². The summed E-state index contributed by atoms with van der Waals surface area (Å²) in [6.07, 6.45) is 1.78. The molecule has 1 aliphatic rings. The molecule has 0 saturated carbocycles. The fourth-order valence-electron chi connectivity index (χ4n) is 2.34. The van der Waals surface area contributed by atoms with E-state index in [4.69, 9.17) is 0 Å². The van der Waals surface area contributed by atoms with Gasteiger partial charge in [-0.05, 0) is 49.4 Å². The van der Waals surface area contributed by atoms with Crippen molar-refractivity contribution in [3.05, 3.63) is 35.4 Å². The Balaban J connectivity index is 2.07. The smallest absolute Gasteiger partial charge is 0.129 e. The zero-order chi connectivity index (χ0) is 11.5. The summed E-state index contributed by atoms with van der Waals surface area (Å²) in [5, 5.41) is 3.32. The van der Waals surface area contributed by atoms with Crippen LogP contribution in [0.1, 0.15) is 18.9 Å². The van der Waals surface area contributed by atoms with Crippen LogP contribution in [0.15, 0.2) is 18.2 Å². The second-order valence-electron chi connectivity index (χ2n) is 4.67. The van der Waals surface area contributed by atoms with Gasteiger partial charge in [-0.3, -0.25) is 0 Å². The summed E-state index contributed by atoms with van der Waals surface area (Å²) >= 11 is 0. The number of hydrogen-bond donors (Lipinski definition) is 1. The first kappa shape index (κ1) is 11.5. The highest BCUT2D eigenvalue weighted by Crippen LogP contribution is 2.24.